The van der Waals surface area contributed by atoms with E-state index in [0.29, 0.717) is 0 Å². The lowest BCUT2D eigenvalue weighted by Gasteiger charge is -2.43. The van der Waals surface area contributed by atoms with Crippen LogP contribution in [0.4, 0.5) is 0 Å². The monoisotopic (exact) mass is 268 g/mol. The minimum Gasteiger partial charge on any atom is -0.393 e. The predicted octanol–water partition coefficient (Wildman–Crippen LogP) is 0.845. The van der Waals surface area contributed by atoms with Crippen LogP contribution in [0.3, 0.4) is 0 Å². The fourth-order valence-corrected chi connectivity index (χ4v) is 3.22. The summed E-state index contributed by atoms with van der Waals surface area (Å²) in [4.78, 5) is 4.71. The third-order valence-electron chi connectivity index (χ3n) is 4.56. The Labute approximate surface area is 116 Å². The molecule has 0 bridgehead atoms. The number of aliphatic hydroxyl groups is 2. The Kier molecular flexibility index (Phi) is 5.39. The van der Waals surface area contributed by atoms with Gasteiger partial charge < -0.3 is 10.2 Å². The zero-order valence-electron chi connectivity index (χ0n) is 12.3. The number of piperidine rings is 2. The molecule has 2 heterocycles. The second-order valence-electron chi connectivity index (χ2n) is 6.06. The van der Waals surface area contributed by atoms with Crippen molar-refractivity contribution in [2.75, 3.05) is 32.7 Å². The molecule has 2 N–H and O–H groups in total. The zero-order valence-corrected chi connectivity index (χ0v) is 12.3. The van der Waals surface area contributed by atoms with E-state index in [1.54, 1.807) is 0 Å². The van der Waals surface area contributed by atoms with E-state index in [9.17, 15) is 10.2 Å². The average molecular weight is 268 g/mol. The highest BCUT2D eigenvalue weighted by Crippen LogP contribution is 2.22. The fourth-order valence-electron chi connectivity index (χ4n) is 3.22. The summed E-state index contributed by atoms with van der Waals surface area (Å²) in [6.45, 7) is 8.87. The van der Waals surface area contributed by atoms with Gasteiger partial charge in [0, 0.05) is 38.8 Å². The van der Waals surface area contributed by atoms with Crippen molar-refractivity contribution in [2.24, 2.45) is 0 Å². The van der Waals surface area contributed by atoms with Crippen LogP contribution in [0.2, 0.25) is 0 Å². The third kappa shape index (κ3) is 4.02. The fraction of sp³-hybridized carbons (Fsp3) is 0.867. The molecular weight excluding hydrogens is 240 g/mol. The van der Waals surface area contributed by atoms with E-state index in [0.717, 1.165) is 52.0 Å². The highest BCUT2D eigenvalue weighted by atomic mass is 16.3. The van der Waals surface area contributed by atoms with Crippen LogP contribution in [0, 0.1) is 0 Å². The second-order valence-corrected chi connectivity index (χ2v) is 6.06. The number of likely N-dealkylation sites (tertiary alicyclic amines) is 2. The molecule has 110 valence electrons. The van der Waals surface area contributed by atoms with Gasteiger partial charge in [-0.15, -0.1) is 0 Å². The van der Waals surface area contributed by atoms with E-state index in [-0.39, 0.29) is 18.2 Å². The number of rotatable bonds is 3. The topological polar surface area (TPSA) is 46.9 Å². The lowest BCUT2D eigenvalue weighted by Crippen LogP contribution is -2.56. The molecule has 2 saturated heterocycles. The first-order valence-corrected chi connectivity index (χ1v) is 7.54. The van der Waals surface area contributed by atoms with Gasteiger partial charge in [0.1, 0.15) is 0 Å². The molecule has 2 aliphatic rings. The second kappa shape index (κ2) is 6.84. The van der Waals surface area contributed by atoms with Crippen LogP contribution in [-0.2, 0) is 0 Å². The molecule has 0 aromatic heterocycles. The Morgan fingerprint density at radius 1 is 1.16 bits per heavy atom. The van der Waals surface area contributed by atoms with E-state index in [4.69, 9.17) is 0 Å². The van der Waals surface area contributed by atoms with Crippen molar-refractivity contribution >= 4 is 0 Å². The molecule has 4 nitrogen and oxygen atoms in total. The lowest BCUT2D eigenvalue weighted by molar-refractivity contribution is -0.0319. The first kappa shape index (κ1) is 15.0. The number of hydrogen-bond acceptors (Lipinski definition) is 4. The summed E-state index contributed by atoms with van der Waals surface area (Å²) in [7, 11) is 0. The van der Waals surface area contributed by atoms with Crippen LogP contribution in [0.25, 0.3) is 0 Å². The SMILES string of the molecule is C/C=C(\C)CN1CC[C@@H](N2CCC(O)CC2)[C@H](O)C1. The Balaban J connectivity index is 1.83. The standard InChI is InChI=1S/C15H28N2O2/c1-3-12(2)10-16-7-6-14(15(19)11-16)17-8-4-13(18)5-9-17/h3,13-15,18-19H,4-11H2,1-2H3/b12-3+/t14-,15-/m1/s1. The van der Waals surface area contributed by atoms with Crippen molar-refractivity contribution < 1.29 is 10.2 Å². The molecule has 0 radical (unpaired) electrons. The zero-order chi connectivity index (χ0) is 13.8. The van der Waals surface area contributed by atoms with Gasteiger partial charge in [-0.05, 0) is 33.1 Å². The van der Waals surface area contributed by atoms with Crippen molar-refractivity contribution in [1.82, 2.24) is 9.80 Å². The highest BCUT2D eigenvalue weighted by Gasteiger charge is 2.33. The maximum absolute atomic E-state index is 10.4. The Morgan fingerprint density at radius 2 is 1.84 bits per heavy atom. The summed E-state index contributed by atoms with van der Waals surface area (Å²) in [5, 5.41) is 19.9. The summed E-state index contributed by atoms with van der Waals surface area (Å²) < 4.78 is 0. The van der Waals surface area contributed by atoms with Gasteiger partial charge in [-0.1, -0.05) is 11.6 Å². The quantitative estimate of drug-likeness (QED) is 0.745. The number of hydrogen-bond donors (Lipinski definition) is 2. The van der Waals surface area contributed by atoms with Crippen LogP contribution in [0.15, 0.2) is 11.6 Å². The van der Waals surface area contributed by atoms with Gasteiger partial charge >= 0.3 is 0 Å². The van der Waals surface area contributed by atoms with Crippen LogP contribution >= 0.6 is 0 Å². The molecule has 0 saturated carbocycles. The molecule has 0 aromatic carbocycles. The Morgan fingerprint density at radius 3 is 2.42 bits per heavy atom. The molecule has 2 aliphatic heterocycles. The maximum atomic E-state index is 10.4. The van der Waals surface area contributed by atoms with Crippen molar-refractivity contribution in [3.63, 3.8) is 0 Å². The first-order chi connectivity index (χ1) is 9.10. The maximum Gasteiger partial charge on any atom is 0.0822 e. The van der Waals surface area contributed by atoms with Crippen molar-refractivity contribution in [3.05, 3.63) is 11.6 Å². The minimum atomic E-state index is -0.256. The number of nitrogens with zero attached hydrogens (tertiary/aromatic N) is 2. The molecule has 0 spiro atoms. The Hall–Kier alpha value is -0.420. The summed E-state index contributed by atoms with van der Waals surface area (Å²) >= 11 is 0. The summed E-state index contributed by atoms with van der Waals surface area (Å²) in [5.41, 5.74) is 1.37. The van der Waals surface area contributed by atoms with Crippen molar-refractivity contribution in [3.8, 4) is 0 Å². The van der Waals surface area contributed by atoms with Crippen LogP contribution in [0.5, 0.6) is 0 Å². The van der Waals surface area contributed by atoms with Gasteiger partial charge in [-0.25, -0.2) is 0 Å². The summed E-state index contributed by atoms with van der Waals surface area (Å²) in [6, 6.07) is 0.287. The van der Waals surface area contributed by atoms with E-state index < -0.39 is 0 Å². The smallest absolute Gasteiger partial charge is 0.0822 e. The molecule has 2 atom stereocenters. The molecule has 0 aromatic rings. The van der Waals surface area contributed by atoms with E-state index >= 15 is 0 Å². The number of β-amino-alcohol motifs (C(OH)–C–C–N with tert-alkyl or cyclic N) is 1. The third-order valence-corrected chi connectivity index (χ3v) is 4.56. The van der Waals surface area contributed by atoms with E-state index in [2.05, 4.69) is 29.7 Å². The van der Waals surface area contributed by atoms with Gasteiger partial charge in [-0.3, -0.25) is 9.80 Å². The van der Waals surface area contributed by atoms with E-state index in [1.165, 1.54) is 5.57 Å². The molecule has 2 rings (SSSR count). The van der Waals surface area contributed by atoms with Gasteiger partial charge in [0.05, 0.1) is 12.2 Å². The molecular formula is C15H28N2O2. The average Bonchev–Trinajstić information content (AvgIpc) is 2.40. The number of allylic oxidation sites excluding steroid dienone is 1. The summed E-state index contributed by atoms with van der Waals surface area (Å²) in [5.74, 6) is 0. The molecule has 0 amide bonds. The van der Waals surface area contributed by atoms with Crippen LogP contribution in [-0.4, -0.2) is 71.0 Å². The molecule has 0 aliphatic carbocycles. The highest BCUT2D eigenvalue weighted by molar-refractivity contribution is 5.00. The van der Waals surface area contributed by atoms with Gasteiger partial charge in [0.2, 0.25) is 0 Å². The summed E-state index contributed by atoms with van der Waals surface area (Å²) in [6.07, 6.45) is 4.49. The van der Waals surface area contributed by atoms with Gasteiger partial charge in [0.15, 0.2) is 0 Å². The predicted molar refractivity (Wildman–Crippen MR) is 77.1 cm³/mol. The molecule has 4 heteroatoms. The number of aliphatic hydroxyl groups excluding tert-OH is 2. The van der Waals surface area contributed by atoms with Crippen molar-refractivity contribution in [1.29, 1.82) is 0 Å². The lowest BCUT2D eigenvalue weighted by atomic mass is 9.96. The first-order valence-electron chi connectivity index (χ1n) is 7.54. The van der Waals surface area contributed by atoms with Gasteiger partial charge in [-0.2, -0.15) is 0 Å². The molecule has 19 heavy (non-hydrogen) atoms. The molecule has 0 unspecified atom stereocenters. The largest absolute Gasteiger partial charge is 0.393 e. The Bertz CT molecular complexity index is 311. The molecule has 2 fully saturated rings. The van der Waals surface area contributed by atoms with E-state index in [1.807, 2.05) is 0 Å². The van der Waals surface area contributed by atoms with Crippen LogP contribution in [0.1, 0.15) is 33.1 Å². The van der Waals surface area contributed by atoms with Crippen LogP contribution < -0.4 is 0 Å². The van der Waals surface area contributed by atoms with Crippen molar-refractivity contribution in [2.45, 2.75) is 51.4 Å². The van der Waals surface area contributed by atoms with Gasteiger partial charge in [0.25, 0.3) is 0 Å². The normalized spacial score (nSPS) is 32.7. The minimum absolute atomic E-state index is 0.133.